The number of halogens is 3. The zero-order valence-electron chi connectivity index (χ0n) is 7.83. The molecule has 0 saturated heterocycles. The molecule has 1 aromatic rings. The minimum atomic E-state index is -4.29. The summed E-state index contributed by atoms with van der Waals surface area (Å²) in [5.74, 6) is 0. The standard InChI is InChI=1S/C10H9F3N2/c11-10(12,13)8-3-1-2-7(6-8)9-4-5-14-15-9/h1-3,6,9H,4-5H2. The SMILES string of the molecule is FC(F)(F)c1cccc(C2CCN=N2)c1. The lowest BCUT2D eigenvalue weighted by Crippen LogP contribution is -2.05. The van der Waals surface area contributed by atoms with E-state index < -0.39 is 11.7 Å². The van der Waals surface area contributed by atoms with Gasteiger partial charge in [0.2, 0.25) is 0 Å². The number of alkyl halides is 3. The zero-order chi connectivity index (χ0) is 10.9. The van der Waals surface area contributed by atoms with Gasteiger partial charge >= 0.3 is 6.18 Å². The van der Waals surface area contributed by atoms with Crippen molar-refractivity contribution in [2.75, 3.05) is 6.54 Å². The summed E-state index contributed by atoms with van der Waals surface area (Å²) in [7, 11) is 0. The van der Waals surface area contributed by atoms with Gasteiger partial charge in [-0.05, 0) is 24.1 Å². The van der Waals surface area contributed by atoms with E-state index in [1.165, 1.54) is 6.07 Å². The van der Waals surface area contributed by atoms with E-state index in [1.54, 1.807) is 6.07 Å². The van der Waals surface area contributed by atoms with Crippen LogP contribution < -0.4 is 0 Å². The molecular weight excluding hydrogens is 205 g/mol. The molecule has 0 bridgehead atoms. The van der Waals surface area contributed by atoms with Gasteiger partial charge in [-0.1, -0.05) is 12.1 Å². The Morgan fingerprint density at radius 2 is 2.07 bits per heavy atom. The Balaban J connectivity index is 2.30. The molecule has 2 nitrogen and oxygen atoms in total. The Kier molecular flexibility index (Phi) is 2.46. The summed E-state index contributed by atoms with van der Waals surface area (Å²) >= 11 is 0. The van der Waals surface area contributed by atoms with Crippen molar-refractivity contribution in [2.24, 2.45) is 10.2 Å². The summed E-state index contributed by atoms with van der Waals surface area (Å²) in [6.07, 6.45) is -3.59. The van der Waals surface area contributed by atoms with Gasteiger partial charge in [0, 0.05) is 0 Å². The summed E-state index contributed by atoms with van der Waals surface area (Å²) in [5.41, 5.74) is -0.0341. The van der Waals surface area contributed by atoms with E-state index in [-0.39, 0.29) is 6.04 Å². The minimum Gasteiger partial charge on any atom is -0.193 e. The summed E-state index contributed by atoms with van der Waals surface area (Å²) < 4.78 is 37.2. The molecule has 0 amide bonds. The lowest BCUT2D eigenvalue weighted by Gasteiger charge is -2.10. The van der Waals surface area contributed by atoms with Crippen molar-refractivity contribution in [3.8, 4) is 0 Å². The Hall–Kier alpha value is -1.39. The average Bonchev–Trinajstić information content (AvgIpc) is 2.69. The smallest absolute Gasteiger partial charge is 0.193 e. The largest absolute Gasteiger partial charge is 0.416 e. The van der Waals surface area contributed by atoms with E-state index in [4.69, 9.17) is 0 Å². The van der Waals surface area contributed by atoms with Crippen molar-refractivity contribution in [3.05, 3.63) is 35.4 Å². The number of rotatable bonds is 1. The van der Waals surface area contributed by atoms with E-state index in [1.807, 2.05) is 0 Å². The molecule has 0 N–H and O–H groups in total. The first-order valence-electron chi connectivity index (χ1n) is 4.61. The van der Waals surface area contributed by atoms with Gasteiger partial charge in [-0.15, -0.1) is 0 Å². The topological polar surface area (TPSA) is 24.7 Å². The van der Waals surface area contributed by atoms with Gasteiger partial charge in [0.15, 0.2) is 0 Å². The van der Waals surface area contributed by atoms with Crippen LogP contribution in [0.3, 0.4) is 0 Å². The van der Waals surface area contributed by atoms with E-state index in [0.29, 0.717) is 18.5 Å². The number of nitrogens with zero attached hydrogens (tertiary/aromatic N) is 2. The summed E-state index contributed by atoms with van der Waals surface area (Å²) in [4.78, 5) is 0. The van der Waals surface area contributed by atoms with Crippen LogP contribution in [-0.2, 0) is 6.18 Å². The van der Waals surface area contributed by atoms with Gasteiger partial charge in [0.1, 0.15) is 0 Å². The monoisotopic (exact) mass is 214 g/mol. The number of benzene rings is 1. The number of hydrogen-bond donors (Lipinski definition) is 0. The maximum Gasteiger partial charge on any atom is 0.416 e. The molecule has 1 aromatic carbocycles. The van der Waals surface area contributed by atoms with E-state index in [9.17, 15) is 13.2 Å². The van der Waals surface area contributed by atoms with Gasteiger partial charge in [-0.3, -0.25) is 0 Å². The van der Waals surface area contributed by atoms with Crippen LogP contribution in [-0.4, -0.2) is 6.54 Å². The highest BCUT2D eigenvalue weighted by Crippen LogP contribution is 2.33. The second-order valence-electron chi connectivity index (χ2n) is 3.41. The first kappa shape index (κ1) is 10.1. The lowest BCUT2D eigenvalue weighted by molar-refractivity contribution is -0.137. The fourth-order valence-corrected chi connectivity index (χ4v) is 1.55. The maximum absolute atomic E-state index is 12.4. The van der Waals surface area contributed by atoms with Crippen molar-refractivity contribution in [1.29, 1.82) is 0 Å². The van der Waals surface area contributed by atoms with Crippen molar-refractivity contribution in [2.45, 2.75) is 18.6 Å². The fourth-order valence-electron chi connectivity index (χ4n) is 1.55. The highest BCUT2D eigenvalue weighted by molar-refractivity contribution is 5.28. The summed E-state index contributed by atoms with van der Waals surface area (Å²) in [6.45, 7) is 0.598. The van der Waals surface area contributed by atoms with Crippen LogP contribution in [0.4, 0.5) is 13.2 Å². The quantitative estimate of drug-likeness (QED) is 0.682. The highest BCUT2D eigenvalue weighted by Gasteiger charge is 2.31. The molecule has 15 heavy (non-hydrogen) atoms. The molecule has 80 valence electrons. The van der Waals surface area contributed by atoms with Crippen LogP contribution in [0.5, 0.6) is 0 Å². The van der Waals surface area contributed by atoms with E-state index in [2.05, 4.69) is 10.2 Å². The summed E-state index contributed by atoms with van der Waals surface area (Å²) in [6, 6.07) is 5.08. The first-order chi connectivity index (χ1) is 7.07. The second-order valence-corrected chi connectivity index (χ2v) is 3.41. The Morgan fingerprint density at radius 3 is 2.67 bits per heavy atom. The van der Waals surface area contributed by atoms with Crippen LogP contribution in [0, 0.1) is 0 Å². The number of hydrogen-bond acceptors (Lipinski definition) is 2. The molecule has 1 atom stereocenters. The maximum atomic E-state index is 12.4. The van der Waals surface area contributed by atoms with E-state index >= 15 is 0 Å². The Labute approximate surface area is 84.8 Å². The third-order valence-electron chi connectivity index (χ3n) is 2.32. The Bertz CT molecular complexity index is 384. The Morgan fingerprint density at radius 1 is 1.27 bits per heavy atom. The predicted molar refractivity (Wildman–Crippen MR) is 48.5 cm³/mol. The fraction of sp³-hybridized carbons (Fsp3) is 0.400. The zero-order valence-corrected chi connectivity index (χ0v) is 7.83. The normalized spacial score (nSPS) is 20.9. The van der Waals surface area contributed by atoms with Crippen LogP contribution in [0.1, 0.15) is 23.6 Å². The molecule has 1 aliphatic rings. The first-order valence-corrected chi connectivity index (χ1v) is 4.61. The van der Waals surface area contributed by atoms with Crippen LogP contribution >= 0.6 is 0 Å². The van der Waals surface area contributed by atoms with Crippen LogP contribution in [0.25, 0.3) is 0 Å². The molecule has 0 aliphatic carbocycles. The van der Waals surface area contributed by atoms with Crippen molar-refractivity contribution in [1.82, 2.24) is 0 Å². The minimum absolute atomic E-state index is 0.202. The van der Waals surface area contributed by atoms with E-state index in [0.717, 1.165) is 12.1 Å². The molecular formula is C10H9F3N2. The molecule has 0 spiro atoms. The molecule has 1 unspecified atom stereocenters. The highest BCUT2D eigenvalue weighted by atomic mass is 19.4. The second kappa shape index (κ2) is 3.64. The predicted octanol–water partition coefficient (Wildman–Crippen LogP) is 3.60. The van der Waals surface area contributed by atoms with Crippen molar-refractivity contribution in [3.63, 3.8) is 0 Å². The third kappa shape index (κ3) is 2.16. The van der Waals surface area contributed by atoms with Crippen molar-refractivity contribution < 1.29 is 13.2 Å². The lowest BCUT2D eigenvalue weighted by atomic mass is 10.0. The molecule has 5 heteroatoms. The summed E-state index contributed by atoms with van der Waals surface area (Å²) in [5, 5.41) is 7.66. The van der Waals surface area contributed by atoms with Crippen molar-refractivity contribution >= 4 is 0 Å². The van der Waals surface area contributed by atoms with Gasteiger partial charge in [0.25, 0.3) is 0 Å². The number of azo groups is 1. The van der Waals surface area contributed by atoms with Crippen LogP contribution in [0.2, 0.25) is 0 Å². The molecule has 1 heterocycles. The molecule has 0 radical (unpaired) electrons. The third-order valence-corrected chi connectivity index (χ3v) is 2.32. The van der Waals surface area contributed by atoms with Gasteiger partial charge in [0.05, 0.1) is 18.2 Å². The molecule has 0 fully saturated rings. The molecule has 1 aliphatic heterocycles. The van der Waals surface area contributed by atoms with Crippen LogP contribution in [0.15, 0.2) is 34.5 Å². The molecule has 0 aromatic heterocycles. The molecule has 2 rings (SSSR count). The van der Waals surface area contributed by atoms with Gasteiger partial charge in [-0.2, -0.15) is 23.4 Å². The van der Waals surface area contributed by atoms with Gasteiger partial charge < -0.3 is 0 Å². The van der Waals surface area contributed by atoms with Gasteiger partial charge in [-0.25, -0.2) is 0 Å². The molecule has 0 saturated carbocycles. The average molecular weight is 214 g/mol.